The molecule has 2 aromatic rings. The van der Waals surface area contributed by atoms with E-state index in [2.05, 4.69) is 14.1 Å². The van der Waals surface area contributed by atoms with Gasteiger partial charge in [0.15, 0.2) is 18.1 Å². The number of para-hydroxylation sites is 1. The quantitative estimate of drug-likeness (QED) is 0.851. The van der Waals surface area contributed by atoms with Crippen LogP contribution in [0.25, 0.3) is 0 Å². The van der Waals surface area contributed by atoms with E-state index in [4.69, 9.17) is 0 Å². The van der Waals surface area contributed by atoms with Gasteiger partial charge >= 0.3 is 12.8 Å². The number of nitrogens with zero attached hydrogens (tertiary/aromatic N) is 1. The summed E-state index contributed by atoms with van der Waals surface area (Å²) in [6.45, 7) is -3.31. The van der Waals surface area contributed by atoms with E-state index in [0.29, 0.717) is 0 Å². The molecule has 1 atom stereocenters. The number of aromatic nitrogens is 1. The second-order valence-corrected chi connectivity index (χ2v) is 4.24. The molecule has 0 aliphatic carbocycles. The summed E-state index contributed by atoms with van der Waals surface area (Å²) >= 11 is 0. The molecule has 0 aliphatic rings. The lowest BCUT2D eigenvalue weighted by atomic mass is 10.0. The molecule has 5 nitrogen and oxygen atoms in total. The topological polar surface area (TPSA) is 64.4 Å². The summed E-state index contributed by atoms with van der Waals surface area (Å²) in [6.07, 6.45) is -3.23. The van der Waals surface area contributed by atoms with Gasteiger partial charge in [-0.15, -0.1) is 0 Å². The first kappa shape index (κ1) is 16.7. The van der Waals surface area contributed by atoms with Gasteiger partial charge < -0.3 is 14.5 Å². The number of nitrogens with one attached hydrogen (secondary N) is 1. The molecule has 1 unspecified atom stereocenters. The van der Waals surface area contributed by atoms with E-state index in [0.717, 1.165) is 24.8 Å². The highest BCUT2D eigenvalue weighted by Gasteiger charge is 2.44. The number of carbonyl (C=O) groups excluding carboxylic acids is 1. The van der Waals surface area contributed by atoms with Crippen LogP contribution in [0.15, 0.2) is 41.3 Å². The molecule has 0 saturated heterocycles. The Kier molecular flexibility index (Phi) is 4.82. The minimum Gasteiger partial charge on any atom is -0.451 e. The normalized spacial score (nSPS) is 13.0. The zero-order chi connectivity index (χ0) is 17.0. The smallest absolute Gasteiger partial charge is 0.413 e. The van der Waals surface area contributed by atoms with Crippen molar-refractivity contribution in [2.75, 3.05) is 0 Å². The van der Waals surface area contributed by atoms with Crippen LogP contribution in [0, 0.1) is 0 Å². The van der Waals surface area contributed by atoms with Gasteiger partial charge in [-0.05, 0) is 6.07 Å². The van der Waals surface area contributed by atoms with Crippen LogP contribution >= 0.6 is 0 Å². The van der Waals surface area contributed by atoms with Gasteiger partial charge in [-0.2, -0.15) is 22.0 Å². The molecule has 1 amide bonds. The number of rotatable bonds is 5. The third kappa shape index (κ3) is 4.18. The first-order valence-corrected chi connectivity index (χ1v) is 6.08. The Morgan fingerprint density at radius 1 is 1.26 bits per heavy atom. The fourth-order valence-corrected chi connectivity index (χ4v) is 1.79. The van der Waals surface area contributed by atoms with Crippen molar-refractivity contribution in [1.29, 1.82) is 0 Å². The van der Waals surface area contributed by atoms with E-state index in [1.165, 1.54) is 12.1 Å². The van der Waals surface area contributed by atoms with Crippen molar-refractivity contribution in [3.63, 3.8) is 0 Å². The maximum absolute atomic E-state index is 13.2. The van der Waals surface area contributed by atoms with E-state index in [9.17, 15) is 26.7 Å². The third-order valence-corrected chi connectivity index (χ3v) is 2.71. The average Bonchev–Trinajstić information content (AvgIpc) is 2.98. The molecule has 0 saturated carbocycles. The average molecular weight is 336 g/mol. The summed E-state index contributed by atoms with van der Waals surface area (Å²) in [7, 11) is 0. The summed E-state index contributed by atoms with van der Waals surface area (Å²) in [4.78, 5) is 15.2. The largest absolute Gasteiger partial charge is 0.451 e. The van der Waals surface area contributed by atoms with Gasteiger partial charge in [-0.25, -0.2) is 4.98 Å². The predicted molar refractivity (Wildman–Crippen MR) is 65.8 cm³/mol. The van der Waals surface area contributed by atoms with Crippen LogP contribution in [0.5, 0.6) is 5.75 Å². The van der Waals surface area contributed by atoms with Crippen molar-refractivity contribution < 1.29 is 35.9 Å². The number of benzene rings is 1. The van der Waals surface area contributed by atoms with Gasteiger partial charge in [0.1, 0.15) is 12.0 Å². The summed E-state index contributed by atoms with van der Waals surface area (Å²) in [6, 6.07) is 1.76. The van der Waals surface area contributed by atoms with Crippen molar-refractivity contribution in [2.24, 2.45) is 0 Å². The fourth-order valence-electron chi connectivity index (χ4n) is 1.79. The molecule has 124 valence electrons. The highest BCUT2D eigenvalue weighted by molar-refractivity contribution is 5.92. The zero-order valence-electron chi connectivity index (χ0n) is 11.2. The van der Waals surface area contributed by atoms with Crippen LogP contribution in [0.1, 0.15) is 22.1 Å². The Labute approximate surface area is 126 Å². The van der Waals surface area contributed by atoms with Gasteiger partial charge in [-0.1, -0.05) is 18.2 Å². The molecule has 0 radical (unpaired) electrons. The Morgan fingerprint density at radius 2 is 1.96 bits per heavy atom. The van der Waals surface area contributed by atoms with Crippen molar-refractivity contribution in [3.05, 3.63) is 48.2 Å². The maximum Gasteiger partial charge on any atom is 0.413 e. The Hall–Kier alpha value is -2.65. The van der Waals surface area contributed by atoms with Crippen molar-refractivity contribution in [2.45, 2.75) is 18.8 Å². The van der Waals surface area contributed by atoms with Crippen molar-refractivity contribution in [3.8, 4) is 5.75 Å². The molecule has 23 heavy (non-hydrogen) atoms. The van der Waals surface area contributed by atoms with Crippen LogP contribution in [-0.4, -0.2) is 23.7 Å². The van der Waals surface area contributed by atoms with Crippen LogP contribution in [0.2, 0.25) is 0 Å². The van der Waals surface area contributed by atoms with Gasteiger partial charge in [0.25, 0.3) is 5.91 Å². The van der Waals surface area contributed by atoms with E-state index in [1.54, 1.807) is 5.32 Å². The monoisotopic (exact) mass is 336 g/mol. The molecule has 10 heteroatoms. The van der Waals surface area contributed by atoms with Gasteiger partial charge in [0.2, 0.25) is 0 Å². The van der Waals surface area contributed by atoms with E-state index < -0.39 is 36.0 Å². The number of carbonyl (C=O) groups is 1. The number of alkyl halides is 5. The third-order valence-electron chi connectivity index (χ3n) is 2.71. The van der Waals surface area contributed by atoms with Gasteiger partial charge in [0, 0.05) is 5.56 Å². The van der Waals surface area contributed by atoms with Gasteiger partial charge in [-0.3, -0.25) is 4.79 Å². The predicted octanol–water partition coefficient (Wildman–Crippen LogP) is 3.31. The Balaban J connectivity index is 2.35. The molecule has 0 fully saturated rings. The highest BCUT2D eigenvalue weighted by atomic mass is 19.4. The molecular formula is C13H9F5N2O3. The number of oxazole rings is 1. The summed E-state index contributed by atoms with van der Waals surface area (Å²) in [5, 5.41) is 1.68. The molecular weight excluding hydrogens is 327 g/mol. The maximum atomic E-state index is 13.2. The molecule has 2 rings (SSSR count). The molecule has 1 aromatic heterocycles. The van der Waals surface area contributed by atoms with Crippen LogP contribution in [0.4, 0.5) is 22.0 Å². The van der Waals surface area contributed by atoms with Gasteiger partial charge in [0.05, 0.1) is 0 Å². The lowest BCUT2D eigenvalue weighted by Gasteiger charge is -2.23. The highest BCUT2D eigenvalue weighted by Crippen LogP contribution is 2.37. The van der Waals surface area contributed by atoms with Crippen molar-refractivity contribution in [1.82, 2.24) is 10.3 Å². The summed E-state index contributed by atoms with van der Waals surface area (Å²) in [5.74, 6) is -1.86. The van der Waals surface area contributed by atoms with Crippen LogP contribution in [0.3, 0.4) is 0 Å². The molecule has 1 N–H and O–H groups in total. The summed E-state index contributed by atoms with van der Waals surface area (Å²) < 4.78 is 72.9. The first-order chi connectivity index (χ1) is 10.8. The number of halogens is 5. The number of ether oxygens (including phenoxy) is 1. The molecule has 1 heterocycles. The first-order valence-electron chi connectivity index (χ1n) is 6.08. The zero-order valence-corrected chi connectivity index (χ0v) is 11.2. The number of amides is 1. The lowest BCUT2D eigenvalue weighted by molar-refractivity contribution is -0.156. The molecule has 0 bridgehead atoms. The van der Waals surface area contributed by atoms with Crippen molar-refractivity contribution >= 4 is 5.91 Å². The SMILES string of the molecule is O=C(NC(c1ccccc1OC(F)F)C(F)(F)F)c1cocn1. The Bertz CT molecular complexity index is 658. The Morgan fingerprint density at radius 3 is 2.52 bits per heavy atom. The molecule has 0 aliphatic heterocycles. The minimum absolute atomic E-state index is 0.383. The fraction of sp³-hybridized carbons (Fsp3) is 0.231. The van der Waals surface area contributed by atoms with Crippen LogP contribution < -0.4 is 10.1 Å². The second-order valence-electron chi connectivity index (χ2n) is 4.24. The number of hydrogen-bond acceptors (Lipinski definition) is 4. The standard InChI is InChI=1S/C13H9F5N2O3/c14-12(15)23-9-4-2-1-3-7(9)10(13(16,17)18)20-11(21)8-5-22-6-19-8/h1-6,10,12H,(H,20,21). The van der Waals surface area contributed by atoms with E-state index in [-0.39, 0.29) is 5.69 Å². The van der Waals surface area contributed by atoms with Crippen LogP contribution in [-0.2, 0) is 0 Å². The minimum atomic E-state index is -4.94. The number of hydrogen-bond donors (Lipinski definition) is 1. The second kappa shape index (κ2) is 6.63. The molecule has 0 spiro atoms. The van der Waals surface area contributed by atoms with E-state index in [1.807, 2.05) is 0 Å². The molecule has 1 aromatic carbocycles. The van der Waals surface area contributed by atoms with E-state index >= 15 is 0 Å². The lowest BCUT2D eigenvalue weighted by Crippen LogP contribution is -2.38. The summed E-state index contributed by atoms with van der Waals surface area (Å²) in [5.41, 5.74) is -1.04.